The Morgan fingerprint density at radius 1 is 1.18 bits per heavy atom. The van der Waals surface area contributed by atoms with Crippen LogP contribution in [0.25, 0.3) is 22.3 Å². The number of nitrogens with zero attached hydrogens (tertiary/aromatic N) is 6. The highest BCUT2D eigenvalue weighted by Gasteiger charge is 2.26. The second-order valence-electron chi connectivity index (χ2n) is 7.94. The normalized spacial score (nSPS) is 18.1. The first-order chi connectivity index (χ1) is 17.1. The van der Waals surface area contributed by atoms with Gasteiger partial charge < -0.3 is 9.64 Å². The predicted octanol–water partition coefficient (Wildman–Crippen LogP) is 4.78. The van der Waals surface area contributed by atoms with Crippen LogP contribution in [0.2, 0.25) is 5.02 Å². The van der Waals surface area contributed by atoms with E-state index < -0.39 is 18.8 Å². The summed E-state index contributed by atoms with van der Waals surface area (Å²) in [5.41, 5.74) is 3.41. The van der Waals surface area contributed by atoms with Crippen molar-refractivity contribution >= 4 is 28.6 Å². The summed E-state index contributed by atoms with van der Waals surface area (Å²) >= 11 is 5.98. The van der Waals surface area contributed by atoms with E-state index in [1.54, 1.807) is 12.1 Å². The van der Waals surface area contributed by atoms with Gasteiger partial charge in [-0.2, -0.15) is 15.2 Å². The van der Waals surface area contributed by atoms with Crippen molar-refractivity contribution in [2.75, 3.05) is 24.6 Å². The molecule has 1 aliphatic rings. The molecule has 33 heavy (non-hydrogen) atoms. The number of ether oxygens (including phenoxy) is 1. The van der Waals surface area contributed by atoms with Gasteiger partial charge in [-0.15, -0.1) is 0 Å². The van der Waals surface area contributed by atoms with Crippen molar-refractivity contribution in [3.05, 3.63) is 69.9 Å². The Morgan fingerprint density at radius 3 is 2.88 bits per heavy atom. The van der Waals surface area contributed by atoms with E-state index in [1.165, 1.54) is 18.3 Å². The molecule has 0 spiro atoms. The Kier molecular flexibility index (Phi) is 4.75. The average molecular weight is 468 g/mol. The Bertz CT molecular complexity index is 1470. The van der Waals surface area contributed by atoms with Crippen molar-refractivity contribution in [1.82, 2.24) is 25.1 Å². The van der Waals surface area contributed by atoms with Gasteiger partial charge >= 0.3 is 0 Å². The molecule has 0 bridgehead atoms. The molecule has 5 rings (SSSR count). The van der Waals surface area contributed by atoms with E-state index in [1.807, 2.05) is 24.8 Å². The van der Waals surface area contributed by atoms with Crippen LogP contribution >= 0.6 is 11.6 Å². The third-order valence-corrected chi connectivity index (χ3v) is 5.94. The van der Waals surface area contributed by atoms with Crippen molar-refractivity contribution in [1.29, 1.82) is 0 Å². The number of halogens is 2. The average Bonchev–Trinajstić information content (AvgIpc) is 2.84. The van der Waals surface area contributed by atoms with Crippen LogP contribution in [0.5, 0.6) is 0 Å². The number of hydrogen-bond acceptors (Lipinski definition) is 7. The molecule has 0 amide bonds. The second-order valence-corrected chi connectivity index (χ2v) is 8.37. The molecular formula is C24H22ClFN6O. The lowest BCUT2D eigenvalue weighted by Gasteiger charge is -2.33. The van der Waals surface area contributed by atoms with Crippen LogP contribution in [0.15, 0.2) is 36.5 Å². The summed E-state index contributed by atoms with van der Waals surface area (Å²) in [6, 6.07) is 7.86. The fourth-order valence-electron chi connectivity index (χ4n) is 3.85. The van der Waals surface area contributed by atoms with Crippen molar-refractivity contribution in [2.45, 2.75) is 26.8 Å². The molecule has 0 unspecified atom stereocenters. The zero-order chi connectivity index (χ0) is 25.6. The Balaban J connectivity index is 1.58. The van der Waals surface area contributed by atoms with Crippen LogP contribution in [0.3, 0.4) is 0 Å². The fraction of sp³-hybridized carbons (Fsp3) is 0.292. The van der Waals surface area contributed by atoms with Crippen LogP contribution in [-0.2, 0) is 4.74 Å². The summed E-state index contributed by atoms with van der Waals surface area (Å²) < 4.78 is 43.7. The molecule has 0 radical (unpaired) electrons. The molecule has 0 saturated carbocycles. The minimum absolute atomic E-state index is 0.0989. The van der Waals surface area contributed by atoms with Gasteiger partial charge in [0, 0.05) is 37.9 Å². The first kappa shape index (κ1) is 18.2. The van der Waals surface area contributed by atoms with Gasteiger partial charge in [0.1, 0.15) is 11.9 Å². The highest BCUT2D eigenvalue weighted by molar-refractivity contribution is 6.30. The first-order valence-corrected chi connectivity index (χ1v) is 10.8. The standard InChI is InChI=1S/C24H22ClFN6O/c1-13-8-19-22(18-5-4-17(25)10-20(18)26)29-24(30-23(19)28-15(13)3)32-6-7-33-21(12-32)16-9-14(2)31-27-11-16/h4-5,8-11,21H,6-7,12H2,1-3H3/t21-/m1/s1/i2D3. The summed E-state index contributed by atoms with van der Waals surface area (Å²) in [6.45, 7) is 2.62. The number of aryl methyl sites for hydroxylation is 3. The van der Waals surface area contributed by atoms with Gasteiger partial charge in [0.05, 0.1) is 30.7 Å². The van der Waals surface area contributed by atoms with Gasteiger partial charge in [-0.05, 0) is 56.6 Å². The minimum atomic E-state index is -2.38. The molecule has 4 aromatic rings. The monoisotopic (exact) mass is 467 g/mol. The van der Waals surface area contributed by atoms with Gasteiger partial charge in [0.15, 0.2) is 5.65 Å². The van der Waals surface area contributed by atoms with Crippen LogP contribution in [0, 0.1) is 26.5 Å². The topological polar surface area (TPSA) is 76.9 Å². The Labute approximate surface area is 199 Å². The van der Waals surface area contributed by atoms with Gasteiger partial charge in [0.25, 0.3) is 0 Å². The van der Waals surface area contributed by atoms with E-state index >= 15 is 0 Å². The van der Waals surface area contributed by atoms with E-state index in [2.05, 4.69) is 15.2 Å². The summed E-state index contributed by atoms with van der Waals surface area (Å²) in [6.07, 6.45) is 1.02. The number of morpholine rings is 1. The number of fused-ring (bicyclic) bond motifs is 1. The SMILES string of the molecule is [2H]C([2H])([2H])c1cc([C@H]2CN(c3nc(-c4ccc(Cl)cc4F)c4cc(C)c(C)nc4n3)CCO2)cnn1. The fourth-order valence-corrected chi connectivity index (χ4v) is 4.01. The Morgan fingerprint density at radius 2 is 2.06 bits per heavy atom. The molecule has 0 aliphatic carbocycles. The predicted molar refractivity (Wildman–Crippen MR) is 125 cm³/mol. The van der Waals surface area contributed by atoms with Crippen molar-refractivity contribution in [3.63, 3.8) is 0 Å². The maximum atomic E-state index is 15.0. The molecule has 168 valence electrons. The minimum Gasteiger partial charge on any atom is -0.370 e. The van der Waals surface area contributed by atoms with Crippen molar-refractivity contribution < 1.29 is 13.2 Å². The molecular weight excluding hydrogens is 443 g/mol. The van der Waals surface area contributed by atoms with E-state index in [0.29, 0.717) is 58.5 Å². The molecule has 1 aromatic carbocycles. The van der Waals surface area contributed by atoms with E-state index in [0.717, 1.165) is 11.3 Å². The largest absolute Gasteiger partial charge is 0.370 e. The van der Waals surface area contributed by atoms with Gasteiger partial charge in [0.2, 0.25) is 5.95 Å². The van der Waals surface area contributed by atoms with Gasteiger partial charge in [-0.3, -0.25) is 0 Å². The second kappa shape index (κ2) is 8.61. The smallest absolute Gasteiger partial charge is 0.228 e. The van der Waals surface area contributed by atoms with E-state index in [4.69, 9.17) is 30.4 Å². The van der Waals surface area contributed by atoms with Crippen molar-refractivity contribution in [3.8, 4) is 11.3 Å². The summed E-state index contributed by atoms with van der Waals surface area (Å²) in [7, 11) is 0. The van der Waals surface area contributed by atoms with Gasteiger partial charge in [-0.25, -0.2) is 14.4 Å². The number of rotatable bonds is 3. The van der Waals surface area contributed by atoms with Crippen molar-refractivity contribution in [2.24, 2.45) is 0 Å². The first-order valence-electron chi connectivity index (χ1n) is 11.9. The maximum absolute atomic E-state index is 15.0. The Hall–Kier alpha value is -3.23. The molecule has 0 N–H and O–H groups in total. The molecule has 3 aromatic heterocycles. The highest BCUT2D eigenvalue weighted by atomic mass is 35.5. The molecule has 9 heteroatoms. The quantitative estimate of drug-likeness (QED) is 0.429. The van der Waals surface area contributed by atoms with Crippen LogP contribution in [-0.4, -0.2) is 44.8 Å². The molecule has 4 heterocycles. The number of anilines is 1. The number of aromatic nitrogens is 5. The zero-order valence-electron chi connectivity index (χ0n) is 21.0. The maximum Gasteiger partial charge on any atom is 0.228 e. The third kappa shape index (κ3) is 4.24. The molecule has 1 fully saturated rings. The van der Waals surface area contributed by atoms with Crippen LogP contribution in [0.4, 0.5) is 10.3 Å². The molecule has 1 aliphatic heterocycles. The van der Waals surface area contributed by atoms with Crippen LogP contribution < -0.4 is 4.90 Å². The third-order valence-electron chi connectivity index (χ3n) is 5.70. The number of hydrogen-bond donors (Lipinski definition) is 0. The van der Waals surface area contributed by atoms with Crippen LogP contribution in [0.1, 0.15) is 32.7 Å². The lowest BCUT2D eigenvalue weighted by molar-refractivity contribution is 0.0389. The summed E-state index contributed by atoms with van der Waals surface area (Å²) in [4.78, 5) is 16.0. The van der Waals surface area contributed by atoms with E-state index in [9.17, 15) is 4.39 Å². The molecule has 1 saturated heterocycles. The highest BCUT2D eigenvalue weighted by Crippen LogP contribution is 2.33. The number of benzene rings is 1. The summed E-state index contributed by atoms with van der Waals surface area (Å²) in [5, 5.41) is 8.51. The van der Waals surface area contributed by atoms with Gasteiger partial charge in [-0.1, -0.05) is 11.6 Å². The molecule has 1 atom stereocenters. The zero-order valence-corrected chi connectivity index (χ0v) is 18.8. The lowest BCUT2D eigenvalue weighted by Crippen LogP contribution is -2.39. The summed E-state index contributed by atoms with van der Waals surface area (Å²) in [5.74, 6) is -0.124. The molecule has 7 nitrogen and oxygen atoms in total. The number of pyridine rings is 1. The van der Waals surface area contributed by atoms with E-state index in [-0.39, 0.29) is 5.69 Å². The lowest BCUT2D eigenvalue weighted by atomic mass is 10.1.